The maximum atomic E-state index is 12.1. The Labute approximate surface area is 114 Å². The molecule has 1 atom stereocenters. The summed E-state index contributed by atoms with van der Waals surface area (Å²) in [4.78, 5) is 25.9. The smallest absolute Gasteiger partial charge is 0.391 e. The predicted molar refractivity (Wildman–Crippen MR) is 61.5 cm³/mol. The second-order valence-electron chi connectivity index (χ2n) is 3.58. The minimum Gasteiger partial charge on any atom is -0.480 e. The van der Waals surface area contributed by atoms with Crippen LogP contribution in [0.25, 0.3) is 0 Å². The topological polar surface area (TPSA) is 79.3 Å². The van der Waals surface area contributed by atoms with Gasteiger partial charge in [0.25, 0.3) is 5.91 Å². The van der Waals surface area contributed by atoms with Crippen LogP contribution in [0.4, 0.5) is 13.2 Å². The van der Waals surface area contributed by atoms with Crippen LogP contribution < -0.4 is 5.32 Å². The Kier molecular flexibility index (Phi) is 4.87. The van der Waals surface area contributed by atoms with Crippen LogP contribution in [0.1, 0.15) is 16.8 Å². The van der Waals surface area contributed by atoms with Gasteiger partial charge in [0, 0.05) is 16.9 Å². The molecule has 0 aliphatic carbocycles. The molecule has 1 aromatic heterocycles. The number of halogens is 4. The number of nitrogens with one attached hydrogen (secondary N) is 1. The minimum absolute atomic E-state index is 0.0391. The summed E-state index contributed by atoms with van der Waals surface area (Å²) >= 11 is 3.04. The number of carboxylic acids is 1. The molecule has 0 radical (unpaired) electrons. The fraction of sp³-hybridized carbons (Fsp3) is 0.300. The van der Waals surface area contributed by atoms with Crippen molar-refractivity contribution in [1.82, 2.24) is 10.3 Å². The fourth-order valence-electron chi connectivity index (χ4n) is 1.21. The third kappa shape index (κ3) is 5.25. The Morgan fingerprint density at radius 3 is 2.53 bits per heavy atom. The number of pyridine rings is 1. The highest BCUT2D eigenvalue weighted by atomic mass is 79.9. The van der Waals surface area contributed by atoms with Gasteiger partial charge < -0.3 is 10.4 Å². The largest absolute Gasteiger partial charge is 0.480 e. The number of carbonyl (C=O) groups is 2. The zero-order chi connectivity index (χ0) is 14.6. The lowest BCUT2D eigenvalue weighted by Crippen LogP contribution is -2.43. The van der Waals surface area contributed by atoms with E-state index >= 15 is 0 Å². The summed E-state index contributed by atoms with van der Waals surface area (Å²) in [6.07, 6.45) is -3.84. The van der Waals surface area contributed by atoms with Gasteiger partial charge in [-0.25, -0.2) is 4.79 Å². The first kappa shape index (κ1) is 15.4. The molecule has 0 aromatic carbocycles. The average molecular weight is 341 g/mol. The highest BCUT2D eigenvalue weighted by molar-refractivity contribution is 9.10. The van der Waals surface area contributed by atoms with E-state index in [0.29, 0.717) is 4.47 Å². The molecule has 0 fully saturated rings. The van der Waals surface area contributed by atoms with Crippen molar-refractivity contribution < 1.29 is 27.9 Å². The highest BCUT2D eigenvalue weighted by Crippen LogP contribution is 2.22. The van der Waals surface area contributed by atoms with Crippen LogP contribution >= 0.6 is 15.9 Å². The van der Waals surface area contributed by atoms with Crippen LogP contribution in [0, 0.1) is 0 Å². The number of carbonyl (C=O) groups excluding carboxylic acids is 1. The zero-order valence-corrected chi connectivity index (χ0v) is 10.8. The molecule has 0 saturated heterocycles. The van der Waals surface area contributed by atoms with Crippen molar-refractivity contribution in [2.45, 2.75) is 18.6 Å². The monoisotopic (exact) mass is 340 g/mol. The van der Waals surface area contributed by atoms with Gasteiger partial charge in [-0.05, 0) is 22.0 Å². The Morgan fingerprint density at radius 1 is 1.42 bits per heavy atom. The molecule has 1 aromatic rings. The molecule has 1 unspecified atom stereocenters. The second kappa shape index (κ2) is 6.00. The summed E-state index contributed by atoms with van der Waals surface area (Å²) in [5.74, 6) is -2.70. The van der Waals surface area contributed by atoms with Gasteiger partial charge in [-0.3, -0.25) is 9.78 Å². The molecule has 0 spiro atoms. The van der Waals surface area contributed by atoms with E-state index in [4.69, 9.17) is 5.11 Å². The van der Waals surface area contributed by atoms with E-state index in [9.17, 15) is 22.8 Å². The van der Waals surface area contributed by atoms with E-state index in [-0.39, 0.29) is 5.56 Å². The van der Waals surface area contributed by atoms with Crippen LogP contribution in [-0.2, 0) is 4.79 Å². The van der Waals surface area contributed by atoms with Crippen LogP contribution in [0.2, 0.25) is 0 Å². The standard InChI is InChI=1S/C10H8BrF3N2O3/c11-6-1-5(3-15-4-6)8(17)16-7(9(18)19)2-10(12,13)14/h1,3-4,7H,2H2,(H,16,17)(H,18,19). The predicted octanol–water partition coefficient (Wildman–Crippen LogP) is 1.98. The maximum Gasteiger partial charge on any atom is 0.391 e. The van der Waals surface area contributed by atoms with Gasteiger partial charge in [-0.2, -0.15) is 13.2 Å². The number of rotatable bonds is 4. The summed E-state index contributed by atoms with van der Waals surface area (Å²) in [5, 5.41) is 10.4. The lowest BCUT2D eigenvalue weighted by atomic mass is 10.2. The molecule has 0 aliphatic rings. The van der Waals surface area contributed by atoms with Crippen molar-refractivity contribution in [3.8, 4) is 0 Å². The number of hydrogen-bond donors (Lipinski definition) is 2. The summed E-state index contributed by atoms with van der Waals surface area (Å²) in [6, 6.07) is -0.721. The molecule has 104 valence electrons. The molecule has 1 heterocycles. The normalized spacial score (nSPS) is 12.8. The number of aromatic nitrogens is 1. The molecule has 19 heavy (non-hydrogen) atoms. The van der Waals surface area contributed by atoms with Gasteiger partial charge in [0.1, 0.15) is 6.04 Å². The van der Waals surface area contributed by atoms with Crippen molar-refractivity contribution in [1.29, 1.82) is 0 Å². The van der Waals surface area contributed by atoms with Crippen molar-refractivity contribution in [2.75, 3.05) is 0 Å². The van der Waals surface area contributed by atoms with Gasteiger partial charge in [-0.15, -0.1) is 0 Å². The average Bonchev–Trinajstić information content (AvgIpc) is 2.26. The molecule has 2 N–H and O–H groups in total. The first-order valence-corrected chi connectivity index (χ1v) is 5.69. The molecule has 9 heteroatoms. The number of hydrogen-bond acceptors (Lipinski definition) is 3. The molecule has 1 rings (SSSR count). The van der Waals surface area contributed by atoms with Gasteiger partial charge in [0.2, 0.25) is 0 Å². The van der Waals surface area contributed by atoms with Crippen molar-refractivity contribution in [3.05, 3.63) is 28.5 Å². The van der Waals surface area contributed by atoms with E-state index in [1.165, 1.54) is 12.3 Å². The van der Waals surface area contributed by atoms with Gasteiger partial charge in [0.15, 0.2) is 0 Å². The van der Waals surface area contributed by atoms with Crippen molar-refractivity contribution >= 4 is 27.8 Å². The van der Waals surface area contributed by atoms with Crippen LogP contribution in [0.15, 0.2) is 22.9 Å². The Morgan fingerprint density at radius 2 is 2.05 bits per heavy atom. The summed E-state index contributed by atoms with van der Waals surface area (Å²) in [5.41, 5.74) is -0.0391. The van der Waals surface area contributed by atoms with E-state index in [1.54, 1.807) is 5.32 Å². The van der Waals surface area contributed by atoms with Gasteiger partial charge in [-0.1, -0.05) is 0 Å². The van der Waals surface area contributed by atoms with E-state index in [2.05, 4.69) is 20.9 Å². The summed E-state index contributed by atoms with van der Waals surface area (Å²) < 4.78 is 36.9. The SMILES string of the molecule is O=C(NC(CC(F)(F)F)C(=O)O)c1cncc(Br)c1. The molecular formula is C10H8BrF3N2O3. The maximum absolute atomic E-state index is 12.1. The second-order valence-corrected chi connectivity index (χ2v) is 4.49. The number of carboxylic acid groups (broad SMARTS) is 1. The van der Waals surface area contributed by atoms with Crippen molar-refractivity contribution in [3.63, 3.8) is 0 Å². The Balaban J connectivity index is 2.80. The number of amides is 1. The minimum atomic E-state index is -4.69. The van der Waals surface area contributed by atoms with E-state index < -0.39 is 30.5 Å². The number of nitrogens with zero attached hydrogens (tertiary/aromatic N) is 1. The molecule has 5 nitrogen and oxygen atoms in total. The van der Waals surface area contributed by atoms with E-state index in [1.807, 2.05) is 0 Å². The third-order valence-corrected chi connectivity index (χ3v) is 2.44. The number of aliphatic carboxylic acids is 1. The van der Waals surface area contributed by atoms with E-state index in [0.717, 1.165) is 6.20 Å². The van der Waals surface area contributed by atoms with Crippen LogP contribution in [-0.4, -0.2) is 34.2 Å². The lowest BCUT2D eigenvalue weighted by Gasteiger charge is -2.16. The molecule has 0 bridgehead atoms. The third-order valence-electron chi connectivity index (χ3n) is 2.01. The highest BCUT2D eigenvalue weighted by Gasteiger charge is 2.36. The quantitative estimate of drug-likeness (QED) is 0.878. The Hall–Kier alpha value is -1.64. The van der Waals surface area contributed by atoms with Gasteiger partial charge in [0.05, 0.1) is 12.0 Å². The Bertz CT molecular complexity index is 493. The lowest BCUT2D eigenvalue weighted by molar-refractivity contribution is -0.157. The molecule has 0 aliphatic heterocycles. The first-order valence-electron chi connectivity index (χ1n) is 4.90. The molecule has 0 saturated carbocycles. The first-order chi connectivity index (χ1) is 8.69. The van der Waals surface area contributed by atoms with Gasteiger partial charge >= 0.3 is 12.1 Å². The molecular weight excluding hydrogens is 333 g/mol. The van der Waals surface area contributed by atoms with Crippen LogP contribution in [0.5, 0.6) is 0 Å². The molecule has 1 amide bonds. The van der Waals surface area contributed by atoms with Crippen LogP contribution in [0.3, 0.4) is 0 Å². The summed E-state index contributed by atoms with van der Waals surface area (Å²) in [7, 11) is 0. The summed E-state index contributed by atoms with van der Waals surface area (Å²) in [6.45, 7) is 0. The van der Waals surface area contributed by atoms with Crippen molar-refractivity contribution in [2.24, 2.45) is 0 Å². The number of alkyl halides is 3. The fourth-order valence-corrected chi connectivity index (χ4v) is 1.57. The zero-order valence-electron chi connectivity index (χ0n) is 9.24.